The van der Waals surface area contributed by atoms with Crippen molar-refractivity contribution in [2.45, 2.75) is 52.1 Å². The predicted octanol–water partition coefficient (Wildman–Crippen LogP) is 4.51. The molecule has 1 aliphatic rings. The number of aryl methyl sites for hydroxylation is 1. The van der Waals surface area contributed by atoms with Crippen LogP contribution in [0.4, 0.5) is 0 Å². The second-order valence-electron chi connectivity index (χ2n) is 7.75. The zero-order valence-corrected chi connectivity index (χ0v) is 16.2. The first-order valence-corrected chi connectivity index (χ1v) is 9.70. The summed E-state index contributed by atoms with van der Waals surface area (Å²) in [6.07, 6.45) is 2.18. The lowest BCUT2D eigenvalue weighted by Gasteiger charge is -2.33. The Balaban J connectivity index is 1.57. The SMILES string of the molecule is Cc1ccccc1CN1CCCC(NC(=O)c2ccc(C(C)C)cc2)C1. The molecule has 1 aliphatic heterocycles. The summed E-state index contributed by atoms with van der Waals surface area (Å²) in [7, 11) is 0. The Kier molecular flexibility index (Phi) is 6.10. The van der Waals surface area contributed by atoms with Crippen LogP contribution in [0.1, 0.15) is 59.7 Å². The van der Waals surface area contributed by atoms with Crippen molar-refractivity contribution in [2.24, 2.45) is 0 Å². The molecule has 0 aliphatic carbocycles. The standard InChI is InChI=1S/C23H30N2O/c1-17(2)19-10-12-20(13-11-19)23(26)24-22-9-6-14-25(16-22)15-21-8-5-4-7-18(21)3/h4-5,7-8,10-13,17,22H,6,9,14-16H2,1-3H3,(H,24,26). The zero-order chi connectivity index (χ0) is 18.5. The lowest BCUT2D eigenvalue weighted by molar-refractivity contribution is 0.0900. The molecule has 1 amide bonds. The van der Waals surface area contributed by atoms with Crippen molar-refractivity contribution in [1.82, 2.24) is 10.2 Å². The molecule has 1 heterocycles. The largest absolute Gasteiger partial charge is 0.348 e. The molecule has 1 saturated heterocycles. The van der Waals surface area contributed by atoms with E-state index in [-0.39, 0.29) is 11.9 Å². The van der Waals surface area contributed by atoms with Crippen LogP contribution in [-0.4, -0.2) is 29.9 Å². The molecular formula is C23H30N2O. The highest BCUT2D eigenvalue weighted by Gasteiger charge is 2.22. The summed E-state index contributed by atoms with van der Waals surface area (Å²) in [6, 6.07) is 16.8. The molecule has 1 N–H and O–H groups in total. The van der Waals surface area contributed by atoms with E-state index in [4.69, 9.17) is 0 Å². The number of likely N-dealkylation sites (tertiary alicyclic amines) is 1. The van der Waals surface area contributed by atoms with Gasteiger partial charge in [-0.25, -0.2) is 0 Å². The van der Waals surface area contributed by atoms with Gasteiger partial charge in [0.15, 0.2) is 0 Å². The topological polar surface area (TPSA) is 32.3 Å². The van der Waals surface area contributed by atoms with Gasteiger partial charge in [-0.3, -0.25) is 9.69 Å². The van der Waals surface area contributed by atoms with Gasteiger partial charge in [0.2, 0.25) is 0 Å². The van der Waals surface area contributed by atoms with Crippen molar-refractivity contribution >= 4 is 5.91 Å². The van der Waals surface area contributed by atoms with Gasteiger partial charge in [0.25, 0.3) is 5.91 Å². The van der Waals surface area contributed by atoms with E-state index in [9.17, 15) is 4.79 Å². The molecule has 2 aromatic rings. The molecule has 1 atom stereocenters. The van der Waals surface area contributed by atoms with E-state index >= 15 is 0 Å². The Bertz CT molecular complexity index is 736. The van der Waals surface area contributed by atoms with Gasteiger partial charge in [0.1, 0.15) is 0 Å². The van der Waals surface area contributed by atoms with E-state index in [0.29, 0.717) is 5.92 Å². The lowest BCUT2D eigenvalue weighted by Crippen LogP contribution is -2.47. The highest BCUT2D eigenvalue weighted by Crippen LogP contribution is 2.18. The minimum Gasteiger partial charge on any atom is -0.348 e. The number of nitrogens with one attached hydrogen (secondary N) is 1. The van der Waals surface area contributed by atoms with E-state index in [1.165, 1.54) is 16.7 Å². The fraction of sp³-hybridized carbons (Fsp3) is 0.435. The maximum Gasteiger partial charge on any atom is 0.251 e. The van der Waals surface area contributed by atoms with E-state index < -0.39 is 0 Å². The zero-order valence-electron chi connectivity index (χ0n) is 16.2. The van der Waals surface area contributed by atoms with Gasteiger partial charge < -0.3 is 5.32 Å². The third-order valence-electron chi connectivity index (χ3n) is 5.34. The summed E-state index contributed by atoms with van der Waals surface area (Å²) in [5.74, 6) is 0.531. The average molecular weight is 351 g/mol. The van der Waals surface area contributed by atoms with Crippen molar-refractivity contribution < 1.29 is 4.79 Å². The number of amides is 1. The highest BCUT2D eigenvalue weighted by atomic mass is 16.1. The molecule has 2 aromatic carbocycles. The normalized spacial score (nSPS) is 18.1. The van der Waals surface area contributed by atoms with Crippen LogP contribution < -0.4 is 5.32 Å². The van der Waals surface area contributed by atoms with Crippen molar-refractivity contribution in [1.29, 1.82) is 0 Å². The Morgan fingerprint density at radius 1 is 1.15 bits per heavy atom. The molecule has 0 bridgehead atoms. The fourth-order valence-electron chi connectivity index (χ4n) is 3.63. The Hall–Kier alpha value is -2.13. The molecule has 1 unspecified atom stereocenters. The van der Waals surface area contributed by atoms with Crippen LogP contribution >= 0.6 is 0 Å². The minimum atomic E-state index is 0.0445. The fourth-order valence-corrected chi connectivity index (χ4v) is 3.63. The summed E-state index contributed by atoms with van der Waals surface area (Å²) >= 11 is 0. The Morgan fingerprint density at radius 3 is 2.58 bits per heavy atom. The summed E-state index contributed by atoms with van der Waals surface area (Å²) in [6.45, 7) is 9.48. The molecular weight excluding hydrogens is 320 g/mol. The van der Waals surface area contributed by atoms with Gasteiger partial charge in [0, 0.05) is 24.7 Å². The molecule has 0 radical (unpaired) electrons. The first kappa shape index (κ1) is 18.7. The van der Waals surface area contributed by atoms with E-state index in [1.807, 2.05) is 12.1 Å². The van der Waals surface area contributed by atoms with Crippen LogP contribution in [-0.2, 0) is 6.54 Å². The summed E-state index contributed by atoms with van der Waals surface area (Å²) < 4.78 is 0. The first-order chi connectivity index (χ1) is 12.5. The van der Waals surface area contributed by atoms with Gasteiger partial charge in [0.05, 0.1) is 0 Å². The number of carbonyl (C=O) groups excluding carboxylic acids is 1. The van der Waals surface area contributed by atoms with Crippen molar-refractivity contribution in [3.63, 3.8) is 0 Å². The van der Waals surface area contributed by atoms with Gasteiger partial charge in [-0.05, 0) is 61.1 Å². The smallest absolute Gasteiger partial charge is 0.251 e. The van der Waals surface area contributed by atoms with E-state index in [0.717, 1.165) is 38.0 Å². The van der Waals surface area contributed by atoms with Crippen molar-refractivity contribution in [2.75, 3.05) is 13.1 Å². The summed E-state index contributed by atoms with van der Waals surface area (Å²) in [5.41, 5.74) is 4.74. The molecule has 1 fully saturated rings. The summed E-state index contributed by atoms with van der Waals surface area (Å²) in [4.78, 5) is 15.0. The third kappa shape index (κ3) is 4.73. The molecule has 0 spiro atoms. The van der Waals surface area contributed by atoms with Crippen LogP contribution in [0.2, 0.25) is 0 Å². The number of benzene rings is 2. The highest BCUT2D eigenvalue weighted by molar-refractivity contribution is 5.94. The average Bonchev–Trinajstić information content (AvgIpc) is 2.64. The lowest BCUT2D eigenvalue weighted by atomic mass is 10.0. The number of rotatable bonds is 5. The van der Waals surface area contributed by atoms with Crippen LogP contribution in [0.25, 0.3) is 0 Å². The van der Waals surface area contributed by atoms with Crippen molar-refractivity contribution in [3.05, 3.63) is 70.8 Å². The second kappa shape index (κ2) is 8.50. The predicted molar refractivity (Wildman–Crippen MR) is 107 cm³/mol. The number of hydrogen-bond acceptors (Lipinski definition) is 2. The van der Waals surface area contributed by atoms with Gasteiger partial charge in [-0.2, -0.15) is 0 Å². The Morgan fingerprint density at radius 2 is 1.88 bits per heavy atom. The first-order valence-electron chi connectivity index (χ1n) is 9.70. The second-order valence-corrected chi connectivity index (χ2v) is 7.75. The third-order valence-corrected chi connectivity index (χ3v) is 5.34. The molecule has 26 heavy (non-hydrogen) atoms. The van der Waals surface area contributed by atoms with Crippen LogP contribution in [0, 0.1) is 6.92 Å². The molecule has 0 saturated carbocycles. The quantitative estimate of drug-likeness (QED) is 0.860. The van der Waals surface area contributed by atoms with Crippen molar-refractivity contribution in [3.8, 4) is 0 Å². The molecule has 3 nitrogen and oxygen atoms in total. The maximum absolute atomic E-state index is 12.6. The number of nitrogens with zero attached hydrogens (tertiary/aromatic N) is 1. The monoisotopic (exact) mass is 350 g/mol. The van der Waals surface area contributed by atoms with Crippen LogP contribution in [0.5, 0.6) is 0 Å². The molecule has 0 aromatic heterocycles. The number of piperidine rings is 1. The molecule has 138 valence electrons. The molecule has 3 rings (SSSR count). The van der Waals surface area contributed by atoms with E-state index in [2.05, 4.69) is 67.4 Å². The Labute approximate surface area is 157 Å². The van der Waals surface area contributed by atoms with Gasteiger partial charge in [-0.1, -0.05) is 50.2 Å². The number of hydrogen-bond donors (Lipinski definition) is 1. The molecule has 3 heteroatoms. The van der Waals surface area contributed by atoms with E-state index in [1.54, 1.807) is 0 Å². The summed E-state index contributed by atoms with van der Waals surface area (Å²) in [5, 5.41) is 3.23. The van der Waals surface area contributed by atoms with Crippen LogP contribution in [0.3, 0.4) is 0 Å². The maximum atomic E-state index is 12.6. The van der Waals surface area contributed by atoms with Gasteiger partial charge >= 0.3 is 0 Å². The van der Waals surface area contributed by atoms with Crippen LogP contribution in [0.15, 0.2) is 48.5 Å². The van der Waals surface area contributed by atoms with Gasteiger partial charge in [-0.15, -0.1) is 0 Å². The minimum absolute atomic E-state index is 0.0445. The number of carbonyl (C=O) groups is 1.